The summed E-state index contributed by atoms with van der Waals surface area (Å²) in [5.74, 6) is 0. The van der Waals surface area contributed by atoms with Gasteiger partial charge in [0.2, 0.25) is 0 Å². The summed E-state index contributed by atoms with van der Waals surface area (Å²) in [5, 5.41) is 0. The fourth-order valence-electron chi connectivity index (χ4n) is 0.672. The molecular formula is C9H16O3. The van der Waals surface area contributed by atoms with Crippen molar-refractivity contribution in [1.29, 1.82) is 0 Å². The average Bonchev–Trinajstić information content (AvgIpc) is 2.10. The molecule has 0 aliphatic heterocycles. The standard InChI is InChI=1S/C9H16O3/c1-3-4-5-6-7-8-12-9(10)11-2/h5-6H,3-4,7-8H2,1-2H3/b6-5-. The molecular weight excluding hydrogens is 156 g/mol. The van der Waals surface area contributed by atoms with Gasteiger partial charge in [-0.05, 0) is 12.8 Å². The lowest BCUT2D eigenvalue weighted by Crippen LogP contribution is -2.04. The van der Waals surface area contributed by atoms with Crippen molar-refractivity contribution in [2.45, 2.75) is 26.2 Å². The van der Waals surface area contributed by atoms with E-state index in [4.69, 9.17) is 0 Å². The predicted octanol–water partition coefficient (Wildman–Crippen LogP) is 2.52. The Hall–Kier alpha value is -0.990. The lowest BCUT2D eigenvalue weighted by molar-refractivity contribution is 0.0741. The molecule has 0 fully saturated rings. The molecule has 0 saturated carbocycles. The minimum atomic E-state index is -0.612. The van der Waals surface area contributed by atoms with Gasteiger partial charge in [-0.1, -0.05) is 25.5 Å². The minimum Gasteiger partial charge on any atom is -0.438 e. The number of methoxy groups -OCH3 is 1. The van der Waals surface area contributed by atoms with Gasteiger partial charge in [0.05, 0.1) is 13.7 Å². The molecule has 70 valence electrons. The van der Waals surface area contributed by atoms with Crippen LogP contribution in [0.4, 0.5) is 4.79 Å². The second-order valence-corrected chi connectivity index (χ2v) is 2.35. The largest absolute Gasteiger partial charge is 0.507 e. The Balaban J connectivity index is 3.15. The van der Waals surface area contributed by atoms with Crippen LogP contribution < -0.4 is 0 Å². The molecule has 0 aromatic rings. The van der Waals surface area contributed by atoms with Gasteiger partial charge in [-0.25, -0.2) is 4.79 Å². The maximum Gasteiger partial charge on any atom is 0.507 e. The fraction of sp³-hybridized carbons (Fsp3) is 0.667. The monoisotopic (exact) mass is 172 g/mol. The molecule has 0 amide bonds. The summed E-state index contributed by atoms with van der Waals surface area (Å²) in [4.78, 5) is 10.4. The maximum absolute atomic E-state index is 10.4. The van der Waals surface area contributed by atoms with Crippen molar-refractivity contribution in [2.24, 2.45) is 0 Å². The molecule has 0 radical (unpaired) electrons. The van der Waals surface area contributed by atoms with E-state index in [2.05, 4.69) is 22.5 Å². The average molecular weight is 172 g/mol. The van der Waals surface area contributed by atoms with Crippen LogP contribution in [0.15, 0.2) is 12.2 Å². The first kappa shape index (κ1) is 11.0. The Morgan fingerprint density at radius 1 is 1.33 bits per heavy atom. The minimum absolute atomic E-state index is 0.396. The molecule has 0 aromatic carbocycles. The highest BCUT2D eigenvalue weighted by molar-refractivity contribution is 5.59. The van der Waals surface area contributed by atoms with Crippen LogP contribution in [-0.4, -0.2) is 19.9 Å². The molecule has 0 rings (SSSR count). The van der Waals surface area contributed by atoms with Crippen LogP contribution in [0.3, 0.4) is 0 Å². The summed E-state index contributed by atoms with van der Waals surface area (Å²) < 4.78 is 8.95. The van der Waals surface area contributed by atoms with Gasteiger partial charge in [0, 0.05) is 0 Å². The Morgan fingerprint density at radius 3 is 2.58 bits per heavy atom. The van der Waals surface area contributed by atoms with E-state index in [0.717, 1.165) is 19.3 Å². The molecule has 0 atom stereocenters. The van der Waals surface area contributed by atoms with Crippen LogP contribution in [0.25, 0.3) is 0 Å². The first-order valence-corrected chi connectivity index (χ1v) is 4.17. The van der Waals surface area contributed by atoms with Crippen LogP contribution in [-0.2, 0) is 9.47 Å². The highest BCUT2D eigenvalue weighted by Crippen LogP contribution is 1.92. The van der Waals surface area contributed by atoms with Crippen molar-refractivity contribution in [1.82, 2.24) is 0 Å². The van der Waals surface area contributed by atoms with Crippen LogP contribution in [0.1, 0.15) is 26.2 Å². The number of carbonyl (C=O) groups excluding carboxylic acids is 1. The van der Waals surface area contributed by atoms with E-state index < -0.39 is 6.16 Å². The first-order chi connectivity index (χ1) is 5.81. The van der Waals surface area contributed by atoms with Gasteiger partial charge in [-0.2, -0.15) is 0 Å². The van der Waals surface area contributed by atoms with Crippen molar-refractivity contribution in [3.8, 4) is 0 Å². The number of ether oxygens (including phenoxy) is 2. The topological polar surface area (TPSA) is 35.5 Å². The lowest BCUT2D eigenvalue weighted by Gasteiger charge is -1.98. The van der Waals surface area contributed by atoms with E-state index in [1.54, 1.807) is 0 Å². The molecule has 0 aliphatic carbocycles. The zero-order valence-electron chi connectivity index (χ0n) is 7.71. The third kappa shape index (κ3) is 7.12. The van der Waals surface area contributed by atoms with E-state index in [1.807, 2.05) is 6.08 Å². The van der Waals surface area contributed by atoms with Gasteiger partial charge in [-0.3, -0.25) is 0 Å². The second kappa shape index (κ2) is 8.11. The smallest absolute Gasteiger partial charge is 0.438 e. The normalized spacial score (nSPS) is 10.2. The number of allylic oxidation sites excluding steroid dienone is 1. The number of rotatable bonds is 5. The van der Waals surface area contributed by atoms with Crippen LogP contribution in [0.2, 0.25) is 0 Å². The number of unbranched alkanes of at least 4 members (excludes halogenated alkanes) is 1. The summed E-state index contributed by atoms with van der Waals surface area (Å²) in [5.41, 5.74) is 0. The van der Waals surface area contributed by atoms with Crippen molar-refractivity contribution >= 4 is 6.16 Å². The number of carbonyl (C=O) groups is 1. The van der Waals surface area contributed by atoms with Crippen molar-refractivity contribution in [3.05, 3.63) is 12.2 Å². The molecule has 12 heavy (non-hydrogen) atoms. The zero-order chi connectivity index (χ0) is 9.23. The van der Waals surface area contributed by atoms with Gasteiger partial charge in [-0.15, -0.1) is 0 Å². The summed E-state index contributed by atoms with van der Waals surface area (Å²) in [7, 11) is 1.30. The van der Waals surface area contributed by atoms with E-state index >= 15 is 0 Å². The summed E-state index contributed by atoms with van der Waals surface area (Å²) >= 11 is 0. The second-order valence-electron chi connectivity index (χ2n) is 2.35. The van der Waals surface area contributed by atoms with E-state index in [9.17, 15) is 4.79 Å². The molecule has 0 heterocycles. The van der Waals surface area contributed by atoms with Crippen molar-refractivity contribution in [2.75, 3.05) is 13.7 Å². The van der Waals surface area contributed by atoms with Crippen molar-refractivity contribution < 1.29 is 14.3 Å². The summed E-state index contributed by atoms with van der Waals surface area (Å²) in [6.45, 7) is 2.52. The zero-order valence-corrected chi connectivity index (χ0v) is 7.71. The molecule has 0 aromatic heterocycles. The van der Waals surface area contributed by atoms with Gasteiger partial charge in [0.1, 0.15) is 0 Å². The van der Waals surface area contributed by atoms with Crippen LogP contribution in [0.5, 0.6) is 0 Å². The number of hydrogen-bond acceptors (Lipinski definition) is 3. The van der Waals surface area contributed by atoms with Gasteiger partial charge in [0.25, 0.3) is 0 Å². The predicted molar refractivity (Wildman–Crippen MR) is 47.0 cm³/mol. The van der Waals surface area contributed by atoms with E-state index in [0.29, 0.717) is 6.61 Å². The molecule has 0 N–H and O–H groups in total. The quantitative estimate of drug-likeness (QED) is 0.363. The van der Waals surface area contributed by atoms with E-state index in [1.165, 1.54) is 7.11 Å². The summed E-state index contributed by atoms with van der Waals surface area (Å²) in [6, 6.07) is 0. The van der Waals surface area contributed by atoms with Crippen LogP contribution >= 0.6 is 0 Å². The molecule has 0 aliphatic rings. The molecule has 0 unspecified atom stereocenters. The van der Waals surface area contributed by atoms with Gasteiger partial charge < -0.3 is 9.47 Å². The molecule has 0 spiro atoms. The lowest BCUT2D eigenvalue weighted by atomic mass is 10.3. The third-order valence-corrected chi connectivity index (χ3v) is 1.29. The number of hydrogen-bond donors (Lipinski definition) is 0. The molecule has 3 heteroatoms. The molecule has 0 saturated heterocycles. The fourth-order valence-corrected chi connectivity index (χ4v) is 0.672. The van der Waals surface area contributed by atoms with Crippen molar-refractivity contribution in [3.63, 3.8) is 0 Å². The Bertz CT molecular complexity index is 141. The SMILES string of the molecule is CCC/C=C\CCOC(=O)OC. The summed E-state index contributed by atoms with van der Waals surface area (Å²) in [6.07, 6.45) is 6.47. The van der Waals surface area contributed by atoms with Gasteiger partial charge in [0.15, 0.2) is 0 Å². The highest BCUT2D eigenvalue weighted by Gasteiger charge is 1.96. The van der Waals surface area contributed by atoms with Crippen LogP contribution in [0, 0.1) is 0 Å². The molecule has 0 bridgehead atoms. The third-order valence-electron chi connectivity index (χ3n) is 1.29. The Labute approximate surface area is 73.4 Å². The first-order valence-electron chi connectivity index (χ1n) is 4.17. The Morgan fingerprint density at radius 2 is 2.00 bits per heavy atom. The molecule has 3 nitrogen and oxygen atoms in total. The maximum atomic E-state index is 10.4. The van der Waals surface area contributed by atoms with E-state index in [-0.39, 0.29) is 0 Å². The Kier molecular flexibility index (Phi) is 7.44. The highest BCUT2D eigenvalue weighted by atomic mass is 16.7. The van der Waals surface area contributed by atoms with Gasteiger partial charge >= 0.3 is 6.16 Å².